The minimum atomic E-state index is -0.995. The average molecular weight is 675 g/mol. The number of aromatic amines is 1. The topological polar surface area (TPSA) is 125 Å². The molecular weight excluding hydrogens is 626 g/mol. The molecule has 1 aromatic carbocycles. The van der Waals surface area contributed by atoms with E-state index in [9.17, 15) is 14.4 Å². The van der Waals surface area contributed by atoms with Crippen LogP contribution in [0, 0.1) is 0 Å². The van der Waals surface area contributed by atoms with Gasteiger partial charge in [-0.3, -0.25) is 4.79 Å². The molecule has 10 nitrogen and oxygen atoms in total. The second-order valence-electron chi connectivity index (χ2n) is 13.1. The first-order chi connectivity index (χ1) is 20.9. The van der Waals surface area contributed by atoms with Gasteiger partial charge in [0.25, 0.3) is 6.02 Å². The Morgan fingerprint density at radius 2 is 1.68 bits per heavy atom. The molecule has 1 heterocycles. The maximum Gasteiger partial charge on any atom is 0.408 e. The molecule has 242 valence electrons. The first-order valence-corrected chi connectivity index (χ1v) is 16.8. The molecule has 0 bridgehead atoms. The lowest BCUT2D eigenvalue weighted by atomic mass is 9.95. The number of carbonyl (C=O) groups is 3. The predicted octanol–water partition coefficient (Wildman–Crippen LogP) is 6.37. The zero-order chi connectivity index (χ0) is 31.9. The molecule has 4 rings (SSSR count). The summed E-state index contributed by atoms with van der Waals surface area (Å²) < 4.78 is 12.2. The number of alkyl carbamates (subject to hydrolysis) is 1. The van der Waals surface area contributed by atoms with Crippen LogP contribution in [-0.4, -0.2) is 70.7 Å². The van der Waals surface area contributed by atoms with E-state index in [0.29, 0.717) is 0 Å². The van der Waals surface area contributed by atoms with Crippen molar-refractivity contribution in [2.45, 2.75) is 128 Å². The molecule has 0 aliphatic heterocycles. The molecular formula is C33H48BrN5O5. The van der Waals surface area contributed by atoms with E-state index in [1.54, 1.807) is 34.7 Å². The number of H-pyrrole nitrogens is 1. The Labute approximate surface area is 269 Å². The fourth-order valence-corrected chi connectivity index (χ4v) is 6.59. The van der Waals surface area contributed by atoms with Gasteiger partial charge in [-0.1, -0.05) is 56.7 Å². The molecule has 3 N–H and O–H groups in total. The van der Waals surface area contributed by atoms with E-state index in [1.165, 1.54) is 17.7 Å². The molecule has 11 heteroatoms. The van der Waals surface area contributed by atoms with E-state index >= 15 is 0 Å². The maximum absolute atomic E-state index is 14.1. The lowest BCUT2D eigenvalue weighted by molar-refractivity contribution is -0.148. The van der Waals surface area contributed by atoms with Crippen LogP contribution in [-0.2, 0) is 25.5 Å². The van der Waals surface area contributed by atoms with Gasteiger partial charge in [0.15, 0.2) is 0 Å². The summed E-state index contributed by atoms with van der Waals surface area (Å²) >= 11 is 3.62. The number of likely N-dealkylation sites (N-methyl/N-ethyl adjacent to an activating group) is 1. The Morgan fingerprint density at radius 3 is 2.34 bits per heavy atom. The van der Waals surface area contributed by atoms with Crippen LogP contribution in [0.2, 0.25) is 0 Å². The van der Waals surface area contributed by atoms with Gasteiger partial charge in [0.1, 0.15) is 17.7 Å². The first-order valence-electron chi connectivity index (χ1n) is 16.0. The molecule has 44 heavy (non-hydrogen) atoms. The quantitative estimate of drug-likeness (QED) is 0.170. The third-order valence-electron chi connectivity index (χ3n) is 8.35. The number of aliphatic imine (C=N–C) groups is 1. The maximum atomic E-state index is 14.1. The van der Waals surface area contributed by atoms with Crippen molar-refractivity contribution in [3.8, 4) is 0 Å². The Balaban J connectivity index is 1.60. The van der Waals surface area contributed by atoms with Crippen molar-refractivity contribution in [1.82, 2.24) is 20.5 Å². The number of amides is 2. The number of esters is 1. The van der Waals surface area contributed by atoms with Crippen molar-refractivity contribution in [2.24, 2.45) is 4.99 Å². The normalized spacial score (nSPS) is 18.4. The Bertz CT molecular complexity index is 1320. The second kappa shape index (κ2) is 15.3. The van der Waals surface area contributed by atoms with Gasteiger partial charge < -0.3 is 30.0 Å². The van der Waals surface area contributed by atoms with Crippen molar-refractivity contribution in [2.75, 3.05) is 7.05 Å². The molecule has 2 aromatic rings. The van der Waals surface area contributed by atoms with Gasteiger partial charge in [-0.25, -0.2) is 14.6 Å². The Hall–Kier alpha value is -3.08. The number of amidine groups is 1. The van der Waals surface area contributed by atoms with Crippen LogP contribution in [0.1, 0.15) is 97.5 Å². The minimum Gasteiger partial charge on any atom is -0.444 e. The highest BCUT2D eigenvalue weighted by Gasteiger charge is 2.35. The number of carbonyl (C=O) groups excluding carboxylic acids is 3. The number of nitrogens with one attached hydrogen (secondary N) is 3. The van der Waals surface area contributed by atoms with Gasteiger partial charge in [-0.05, 0) is 80.9 Å². The van der Waals surface area contributed by atoms with Crippen LogP contribution < -0.4 is 10.6 Å². The van der Waals surface area contributed by atoms with Gasteiger partial charge in [0.05, 0.1) is 10.6 Å². The third kappa shape index (κ3) is 9.46. The second-order valence-corrected chi connectivity index (χ2v) is 13.9. The zero-order valence-corrected chi connectivity index (χ0v) is 28.3. The summed E-state index contributed by atoms with van der Waals surface area (Å²) in [7, 11) is 1.57. The molecule has 1 unspecified atom stereocenters. The van der Waals surface area contributed by atoms with E-state index in [-0.39, 0.29) is 24.5 Å². The monoisotopic (exact) mass is 673 g/mol. The van der Waals surface area contributed by atoms with Crippen molar-refractivity contribution < 1.29 is 23.9 Å². The van der Waals surface area contributed by atoms with Crippen LogP contribution >= 0.6 is 15.9 Å². The fourth-order valence-electron chi connectivity index (χ4n) is 6.00. The summed E-state index contributed by atoms with van der Waals surface area (Å²) in [5, 5.41) is 6.99. The lowest BCUT2D eigenvalue weighted by Crippen LogP contribution is -2.53. The molecule has 0 radical (unpaired) electrons. The summed E-state index contributed by atoms with van der Waals surface area (Å²) in [6.45, 7) is 6.84. The molecule has 1 aromatic heterocycles. The number of fused-ring (bicyclic) bond motifs is 1. The largest absolute Gasteiger partial charge is 0.444 e. The third-order valence-corrected chi connectivity index (χ3v) is 9.03. The summed E-state index contributed by atoms with van der Waals surface area (Å²) in [5.41, 5.74) is 1.04. The van der Waals surface area contributed by atoms with Gasteiger partial charge in [-0.2, -0.15) is 0 Å². The smallest absolute Gasteiger partial charge is 0.408 e. The van der Waals surface area contributed by atoms with Crippen molar-refractivity contribution >= 4 is 50.8 Å². The molecule has 2 aliphatic carbocycles. The number of halogens is 1. The van der Waals surface area contributed by atoms with Gasteiger partial charge in [-0.15, -0.1) is 0 Å². The van der Waals surface area contributed by atoms with Gasteiger partial charge in [0, 0.05) is 30.4 Å². The van der Waals surface area contributed by atoms with E-state index in [2.05, 4.69) is 31.5 Å². The van der Waals surface area contributed by atoms with Crippen LogP contribution in [0.25, 0.3) is 10.9 Å². The van der Waals surface area contributed by atoms with Gasteiger partial charge in [0.2, 0.25) is 5.91 Å². The standard InChI is InChI=1S/C33H48BrN5O5/c1-21(35-32(42)44-33(2,3)4)29(40)39(5)27(20-25-24-18-12-13-19-26(24)38-28(25)34)30(41)43-31(36-22-14-8-6-9-15-22)37-23-16-10-7-11-17-23/h12-13,18-19,21-23,27,38H,6-11,14-17,20H2,1-5H3,(H,35,42)(H,36,37)/t21-,27?/m0/s1. The Kier molecular flexibility index (Phi) is 11.7. The highest BCUT2D eigenvalue weighted by Crippen LogP contribution is 2.29. The predicted molar refractivity (Wildman–Crippen MR) is 176 cm³/mol. The zero-order valence-electron chi connectivity index (χ0n) is 26.7. The number of nitrogens with zero attached hydrogens (tertiary/aromatic N) is 2. The average Bonchev–Trinajstić information content (AvgIpc) is 3.29. The molecule has 2 atom stereocenters. The van der Waals surface area contributed by atoms with Crippen molar-refractivity contribution in [1.29, 1.82) is 0 Å². The van der Waals surface area contributed by atoms with Crippen molar-refractivity contribution in [3.05, 3.63) is 34.4 Å². The number of para-hydroxylation sites is 1. The molecule has 2 saturated carbocycles. The van der Waals surface area contributed by atoms with Crippen LogP contribution in [0.3, 0.4) is 0 Å². The summed E-state index contributed by atoms with van der Waals surface area (Å²) in [4.78, 5) is 49.8. The SMILES string of the molecule is C[C@H](NC(=O)OC(C)(C)C)C(=O)N(C)C(Cc1c(Br)[nH]c2ccccc12)C(=O)OC(=NC1CCCCC1)NC1CCCCC1. The molecule has 2 amide bonds. The first kappa shape index (κ1) is 33.8. The van der Waals surface area contributed by atoms with E-state index in [4.69, 9.17) is 14.5 Å². The molecule has 2 aliphatic rings. The molecule has 0 spiro atoms. The summed E-state index contributed by atoms with van der Waals surface area (Å²) in [6.07, 6.45) is 10.3. The molecule has 2 fully saturated rings. The highest BCUT2D eigenvalue weighted by atomic mass is 79.9. The van der Waals surface area contributed by atoms with E-state index in [0.717, 1.165) is 72.4 Å². The number of hydrogen-bond donors (Lipinski definition) is 3. The van der Waals surface area contributed by atoms with Crippen LogP contribution in [0.5, 0.6) is 0 Å². The summed E-state index contributed by atoms with van der Waals surface area (Å²) in [5.74, 6) is -1.03. The van der Waals surface area contributed by atoms with E-state index in [1.807, 2.05) is 24.3 Å². The van der Waals surface area contributed by atoms with E-state index < -0.39 is 35.7 Å². The highest BCUT2D eigenvalue weighted by molar-refractivity contribution is 9.10. The van der Waals surface area contributed by atoms with Crippen LogP contribution in [0.15, 0.2) is 33.9 Å². The van der Waals surface area contributed by atoms with Crippen LogP contribution in [0.4, 0.5) is 4.79 Å². The number of benzene rings is 1. The Morgan fingerprint density at radius 1 is 1.05 bits per heavy atom. The fraction of sp³-hybridized carbons (Fsp3) is 0.636. The molecule has 0 saturated heterocycles. The number of rotatable bonds is 8. The van der Waals surface area contributed by atoms with Crippen molar-refractivity contribution in [3.63, 3.8) is 0 Å². The van der Waals surface area contributed by atoms with Gasteiger partial charge >= 0.3 is 12.1 Å². The number of hydrogen-bond acceptors (Lipinski definition) is 6. The lowest BCUT2D eigenvalue weighted by Gasteiger charge is -2.31. The summed E-state index contributed by atoms with van der Waals surface area (Å²) in [6, 6.07) is 6.41. The number of ether oxygens (including phenoxy) is 2. The minimum absolute atomic E-state index is 0.0984. The number of aromatic nitrogens is 1.